The first-order valence-electron chi connectivity index (χ1n) is 5.82. The third-order valence-electron chi connectivity index (χ3n) is 2.65. The lowest BCUT2D eigenvalue weighted by molar-refractivity contribution is 0.102. The smallest absolute Gasteiger partial charge is 0.274 e. The molecule has 0 radical (unpaired) electrons. The number of carbonyl (C=O) groups is 1. The second kappa shape index (κ2) is 4.78. The number of anilines is 1. The predicted octanol–water partition coefficient (Wildman–Crippen LogP) is 3.25. The maximum absolute atomic E-state index is 12.0. The van der Waals surface area contributed by atoms with Crippen LogP contribution in [0, 0.1) is 6.92 Å². The zero-order valence-electron chi connectivity index (χ0n) is 10.3. The first-order chi connectivity index (χ1) is 9.22. The fraction of sp³-hybridized carbons (Fsp3) is 0.0714. The molecule has 3 rings (SSSR count). The summed E-state index contributed by atoms with van der Waals surface area (Å²) in [7, 11) is 0. The van der Waals surface area contributed by atoms with E-state index in [1.54, 1.807) is 35.7 Å². The predicted molar refractivity (Wildman–Crippen MR) is 76.5 cm³/mol. The number of benzene rings is 1. The Kier molecular flexibility index (Phi) is 2.97. The van der Waals surface area contributed by atoms with Gasteiger partial charge in [-0.25, -0.2) is 4.98 Å². The van der Waals surface area contributed by atoms with Crippen molar-refractivity contribution >= 4 is 33.1 Å². The molecule has 0 saturated carbocycles. The quantitative estimate of drug-likeness (QED) is 0.777. The van der Waals surface area contributed by atoms with Crippen LogP contribution in [0.25, 0.3) is 10.2 Å². The second-order valence-corrected chi connectivity index (χ2v) is 5.32. The first-order valence-corrected chi connectivity index (χ1v) is 6.63. The van der Waals surface area contributed by atoms with E-state index in [-0.39, 0.29) is 5.91 Å². The topological polar surface area (TPSA) is 54.9 Å². The summed E-state index contributed by atoms with van der Waals surface area (Å²) in [5, 5.41) is 3.84. The van der Waals surface area contributed by atoms with Crippen LogP contribution in [0.2, 0.25) is 0 Å². The van der Waals surface area contributed by atoms with Gasteiger partial charge in [0.25, 0.3) is 5.91 Å². The van der Waals surface area contributed by atoms with Crippen LogP contribution in [0.4, 0.5) is 5.69 Å². The van der Waals surface area contributed by atoms with Gasteiger partial charge >= 0.3 is 0 Å². The van der Waals surface area contributed by atoms with Crippen molar-refractivity contribution in [3.05, 3.63) is 53.3 Å². The summed E-state index contributed by atoms with van der Waals surface area (Å²) in [6.07, 6.45) is 1.60. The van der Waals surface area contributed by atoms with Crippen molar-refractivity contribution in [3.8, 4) is 0 Å². The van der Waals surface area contributed by atoms with Gasteiger partial charge in [0, 0.05) is 11.9 Å². The molecule has 0 spiro atoms. The van der Waals surface area contributed by atoms with Crippen molar-refractivity contribution < 1.29 is 4.79 Å². The lowest BCUT2D eigenvalue weighted by Gasteiger charge is -2.04. The van der Waals surface area contributed by atoms with E-state index < -0.39 is 0 Å². The average molecular weight is 269 g/mol. The number of fused-ring (bicyclic) bond motifs is 1. The molecule has 0 unspecified atom stereocenters. The lowest BCUT2D eigenvalue weighted by Crippen LogP contribution is -2.13. The number of carbonyl (C=O) groups excluding carboxylic acids is 1. The SMILES string of the molecule is Cc1nc2cc(NC(=O)c3ccccn3)ccc2s1. The number of hydrogen-bond donors (Lipinski definition) is 1. The number of hydrogen-bond acceptors (Lipinski definition) is 4. The summed E-state index contributed by atoms with van der Waals surface area (Å²) < 4.78 is 1.12. The number of nitrogens with zero attached hydrogens (tertiary/aromatic N) is 2. The molecule has 94 valence electrons. The summed E-state index contributed by atoms with van der Waals surface area (Å²) >= 11 is 1.64. The zero-order chi connectivity index (χ0) is 13.2. The fourth-order valence-corrected chi connectivity index (χ4v) is 2.62. The van der Waals surface area contributed by atoms with Gasteiger partial charge in [-0.3, -0.25) is 9.78 Å². The molecule has 0 saturated heterocycles. The third-order valence-corrected chi connectivity index (χ3v) is 3.60. The van der Waals surface area contributed by atoms with Crippen LogP contribution < -0.4 is 5.32 Å². The van der Waals surface area contributed by atoms with Gasteiger partial charge in [0.05, 0.1) is 15.2 Å². The largest absolute Gasteiger partial charge is 0.321 e. The number of aryl methyl sites for hydroxylation is 1. The molecule has 0 aliphatic carbocycles. The van der Waals surface area contributed by atoms with Crippen molar-refractivity contribution in [3.63, 3.8) is 0 Å². The summed E-state index contributed by atoms with van der Waals surface area (Å²) in [6.45, 7) is 1.97. The third kappa shape index (κ3) is 2.46. The highest BCUT2D eigenvalue weighted by atomic mass is 32.1. The van der Waals surface area contributed by atoms with E-state index in [4.69, 9.17) is 0 Å². The zero-order valence-corrected chi connectivity index (χ0v) is 11.1. The van der Waals surface area contributed by atoms with Gasteiger partial charge in [-0.1, -0.05) is 6.07 Å². The number of aromatic nitrogens is 2. The number of pyridine rings is 1. The van der Waals surface area contributed by atoms with E-state index in [1.807, 2.05) is 25.1 Å². The molecule has 0 aliphatic rings. The van der Waals surface area contributed by atoms with Crippen LogP contribution >= 0.6 is 11.3 Å². The Morgan fingerprint density at radius 3 is 2.95 bits per heavy atom. The van der Waals surface area contributed by atoms with Gasteiger partial charge in [0.15, 0.2) is 0 Å². The summed E-state index contributed by atoms with van der Waals surface area (Å²) in [6, 6.07) is 11.0. The molecule has 5 heteroatoms. The molecule has 19 heavy (non-hydrogen) atoms. The first kappa shape index (κ1) is 11.8. The van der Waals surface area contributed by atoms with Crippen LogP contribution in [0.5, 0.6) is 0 Å². The van der Waals surface area contributed by atoms with Crippen molar-refractivity contribution in [2.45, 2.75) is 6.92 Å². The van der Waals surface area contributed by atoms with Crippen LogP contribution in [-0.2, 0) is 0 Å². The molecular weight excluding hydrogens is 258 g/mol. The Morgan fingerprint density at radius 1 is 1.26 bits per heavy atom. The highest BCUT2D eigenvalue weighted by molar-refractivity contribution is 7.18. The maximum atomic E-state index is 12.0. The molecule has 1 aromatic carbocycles. The van der Waals surface area contributed by atoms with Crippen LogP contribution in [0.15, 0.2) is 42.6 Å². The minimum absolute atomic E-state index is 0.216. The van der Waals surface area contributed by atoms with Gasteiger partial charge in [0.1, 0.15) is 5.69 Å². The minimum Gasteiger partial charge on any atom is -0.321 e. The monoisotopic (exact) mass is 269 g/mol. The van der Waals surface area contributed by atoms with Crippen molar-refractivity contribution in [2.24, 2.45) is 0 Å². The van der Waals surface area contributed by atoms with Crippen molar-refractivity contribution in [1.82, 2.24) is 9.97 Å². The Morgan fingerprint density at radius 2 is 2.16 bits per heavy atom. The van der Waals surface area contributed by atoms with Gasteiger partial charge in [-0.2, -0.15) is 0 Å². The van der Waals surface area contributed by atoms with Gasteiger partial charge in [0.2, 0.25) is 0 Å². The standard InChI is InChI=1S/C14H11N3OS/c1-9-16-12-8-10(5-6-13(12)19-9)17-14(18)11-4-2-3-7-15-11/h2-8H,1H3,(H,17,18). The number of amides is 1. The van der Waals surface area contributed by atoms with E-state index in [2.05, 4.69) is 15.3 Å². The fourth-order valence-electron chi connectivity index (χ4n) is 1.81. The molecule has 1 amide bonds. The molecule has 0 aliphatic heterocycles. The van der Waals surface area contributed by atoms with E-state index in [0.717, 1.165) is 20.9 Å². The van der Waals surface area contributed by atoms with Gasteiger partial charge in [-0.05, 0) is 37.3 Å². The number of rotatable bonds is 2. The summed E-state index contributed by atoms with van der Waals surface area (Å²) in [5.41, 5.74) is 2.03. The van der Waals surface area contributed by atoms with E-state index in [9.17, 15) is 4.79 Å². The highest BCUT2D eigenvalue weighted by Gasteiger charge is 2.08. The Labute approximate surface area is 114 Å². The highest BCUT2D eigenvalue weighted by Crippen LogP contribution is 2.24. The molecule has 2 heterocycles. The molecule has 4 nitrogen and oxygen atoms in total. The Hall–Kier alpha value is -2.27. The molecule has 0 bridgehead atoms. The van der Waals surface area contributed by atoms with E-state index in [0.29, 0.717) is 5.69 Å². The molecule has 2 aromatic heterocycles. The molecular formula is C14H11N3OS. The van der Waals surface area contributed by atoms with Gasteiger partial charge in [-0.15, -0.1) is 11.3 Å². The van der Waals surface area contributed by atoms with E-state index in [1.165, 1.54) is 0 Å². The van der Waals surface area contributed by atoms with Gasteiger partial charge < -0.3 is 5.32 Å². The number of thiazole rings is 1. The lowest BCUT2D eigenvalue weighted by atomic mass is 10.2. The Balaban J connectivity index is 1.87. The summed E-state index contributed by atoms with van der Waals surface area (Å²) in [4.78, 5) is 20.4. The minimum atomic E-state index is -0.216. The van der Waals surface area contributed by atoms with Crippen LogP contribution in [0.1, 0.15) is 15.5 Å². The van der Waals surface area contributed by atoms with Crippen molar-refractivity contribution in [1.29, 1.82) is 0 Å². The number of nitrogens with one attached hydrogen (secondary N) is 1. The van der Waals surface area contributed by atoms with Crippen LogP contribution in [0.3, 0.4) is 0 Å². The average Bonchev–Trinajstić information content (AvgIpc) is 2.79. The maximum Gasteiger partial charge on any atom is 0.274 e. The summed E-state index contributed by atoms with van der Waals surface area (Å²) in [5.74, 6) is -0.216. The molecule has 0 atom stereocenters. The molecule has 1 N–H and O–H groups in total. The normalized spacial score (nSPS) is 10.6. The Bertz CT molecular complexity index is 737. The van der Waals surface area contributed by atoms with E-state index >= 15 is 0 Å². The second-order valence-electron chi connectivity index (χ2n) is 4.08. The molecule has 0 fully saturated rings. The van der Waals surface area contributed by atoms with Crippen LogP contribution in [-0.4, -0.2) is 15.9 Å². The van der Waals surface area contributed by atoms with Crippen molar-refractivity contribution in [2.75, 3.05) is 5.32 Å². The molecule has 3 aromatic rings.